The third-order valence-corrected chi connectivity index (χ3v) is 4.92. The van der Waals surface area contributed by atoms with E-state index in [1.165, 1.54) is 23.6 Å². The minimum Gasteiger partial charge on any atom is -0.381 e. The average molecular weight is 329 g/mol. The molecular formula is C19H23NO2S. The molecule has 2 aromatic rings. The molecule has 1 aliphatic rings. The Bertz CT molecular complexity index is 655. The van der Waals surface area contributed by atoms with Gasteiger partial charge in [0, 0.05) is 24.7 Å². The van der Waals surface area contributed by atoms with Gasteiger partial charge in [-0.25, -0.2) is 0 Å². The number of carbonyl (C=O) groups is 1. The number of hydrogen-bond acceptors (Lipinski definition) is 3. The minimum absolute atomic E-state index is 0.0883. The highest BCUT2D eigenvalue weighted by molar-refractivity contribution is 8.00. The molecule has 23 heavy (non-hydrogen) atoms. The van der Waals surface area contributed by atoms with Gasteiger partial charge in [0.25, 0.3) is 0 Å². The predicted octanol–water partition coefficient (Wildman–Crippen LogP) is 3.86. The van der Waals surface area contributed by atoms with Crippen LogP contribution in [-0.4, -0.2) is 31.4 Å². The van der Waals surface area contributed by atoms with Crippen molar-refractivity contribution in [1.29, 1.82) is 0 Å². The van der Waals surface area contributed by atoms with Crippen molar-refractivity contribution in [2.24, 2.45) is 5.92 Å². The molecule has 3 rings (SSSR count). The summed E-state index contributed by atoms with van der Waals surface area (Å²) in [4.78, 5) is 13.0. The molecule has 4 heteroatoms. The number of thioether (sulfide) groups is 1. The second-order valence-electron chi connectivity index (χ2n) is 6.02. The number of carbonyl (C=O) groups excluding carboxylic acids is 1. The molecule has 3 nitrogen and oxygen atoms in total. The Hall–Kier alpha value is -1.52. The van der Waals surface area contributed by atoms with Crippen molar-refractivity contribution in [1.82, 2.24) is 5.32 Å². The number of ether oxygens (including phenoxy) is 1. The number of fused-ring (bicyclic) bond motifs is 1. The molecular weight excluding hydrogens is 306 g/mol. The number of benzene rings is 2. The van der Waals surface area contributed by atoms with Crippen LogP contribution in [0.25, 0.3) is 10.8 Å². The molecule has 0 heterocycles. The third kappa shape index (κ3) is 5.56. The number of rotatable bonds is 9. The average Bonchev–Trinajstić information content (AvgIpc) is 3.40. The smallest absolute Gasteiger partial charge is 0.230 e. The van der Waals surface area contributed by atoms with Gasteiger partial charge in [-0.15, -0.1) is 11.8 Å². The zero-order valence-electron chi connectivity index (χ0n) is 13.3. The van der Waals surface area contributed by atoms with Gasteiger partial charge >= 0.3 is 0 Å². The van der Waals surface area contributed by atoms with Gasteiger partial charge in [0.15, 0.2) is 0 Å². The van der Waals surface area contributed by atoms with Gasteiger partial charge in [0.1, 0.15) is 0 Å². The standard InChI is InChI=1S/C19H23NO2S/c21-19(20-10-3-11-22-13-15-6-7-15)14-23-18-9-8-16-4-1-2-5-17(16)12-18/h1-2,4-5,8-9,12,15H,3,6-7,10-11,13-14H2,(H,20,21). The molecule has 0 aromatic heterocycles. The highest BCUT2D eigenvalue weighted by Crippen LogP contribution is 2.28. The molecule has 1 amide bonds. The quantitative estimate of drug-likeness (QED) is 0.561. The van der Waals surface area contributed by atoms with Crippen LogP contribution in [-0.2, 0) is 9.53 Å². The Morgan fingerprint density at radius 1 is 1.17 bits per heavy atom. The summed E-state index contributed by atoms with van der Waals surface area (Å²) < 4.78 is 5.55. The van der Waals surface area contributed by atoms with Crippen molar-refractivity contribution in [2.75, 3.05) is 25.5 Å². The summed E-state index contributed by atoms with van der Waals surface area (Å²) in [5, 5.41) is 5.40. The first-order valence-electron chi connectivity index (χ1n) is 8.27. The van der Waals surface area contributed by atoms with Gasteiger partial charge in [-0.05, 0) is 48.1 Å². The maximum atomic E-state index is 11.9. The first kappa shape index (κ1) is 16.3. The monoisotopic (exact) mass is 329 g/mol. The molecule has 0 unspecified atom stereocenters. The van der Waals surface area contributed by atoms with Gasteiger partial charge in [-0.3, -0.25) is 4.79 Å². The van der Waals surface area contributed by atoms with Gasteiger partial charge in [0.2, 0.25) is 5.91 Å². The lowest BCUT2D eigenvalue weighted by Crippen LogP contribution is -2.26. The van der Waals surface area contributed by atoms with Crippen LogP contribution in [0.15, 0.2) is 47.4 Å². The summed E-state index contributed by atoms with van der Waals surface area (Å²) in [7, 11) is 0. The third-order valence-electron chi connectivity index (χ3n) is 3.93. The maximum absolute atomic E-state index is 11.9. The Morgan fingerprint density at radius 3 is 2.83 bits per heavy atom. The summed E-state index contributed by atoms with van der Waals surface area (Å²) in [6.07, 6.45) is 3.53. The van der Waals surface area contributed by atoms with Crippen LogP contribution in [0.5, 0.6) is 0 Å². The van der Waals surface area contributed by atoms with E-state index in [1.807, 2.05) is 12.1 Å². The molecule has 0 bridgehead atoms. The Balaban J connectivity index is 1.32. The van der Waals surface area contributed by atoms with Crippen molar-refractivity contribution >= 4 is 28.4 Å². The summed E-state index contributed by atoms with van der Waals surface area (Å²) in [5.41, 5.74) is 0. The SMILES string of the molecule is O=C(CSc1ccc2ccccc2c1)NCCCOCC1CC1. The summed E-state index contributed by atoms with van der Waals surface area (Å²) in [5.74, 6) is 1.36. The summed E-state index contributed by atoms with van der Waals surface area (Å²) in [6, 6.07) is 14.6. The number of amides is 1. The van der Waals surface area contributed by atoms with Crippen LogP contribution in [0.1, 0.15) is 19.3 Å². The second-order valence-corrected chi connectivity index (χ2v) is 7.07. The molecule has 1 saturated carbocycles. The second kappa shape index (κ2) is 8.37. The Kier molecular flexibility index (Phi) is 5.94. The first-order chi connectivity index (χ1) is 11.3. The van der Waals surface area contributed by atoms with Gasteiger partial charge < -0.3 is 10.1 Å². The van der Waals surface area contributed by atoms with Crippen molar-refractivity contribution < 1.29 is 9.53 Å². The van der Waals surface area contributed by atoms with E-state index in [-0.39, 0.29) is 5.91 Å². The molecule has 1 N–H and O–H groups in total. The lowest BCUT2D eigenvalue weighted by Gasteiger charge is -2.06. The largest absolute Gasteiger partial charge is 0.381 e. The highest BCUT2D eigenvalue weighted by Gasteiger charge is 2.20. The Morgan fingerprint density at radius 2 is 2.00 bits per heavy atom. The van der Waals surface area contributed by atoms with E-state index in [0.29, 0.717) is 12.3 Å². The van der Waals surface area contributed by atoms with Gasteiger partial charge in [-0.2, -0.15) is 0 Å². The lowest BCUT2D eigenvalue weighted by atomic mass is 10.1. The van der Waals surface area contributed by atoms with Crippen LogP contribution in [0.2, 0.25) is 0 Å². The molecule has 0 aliphatic heterocycles. The van der Waals surface area contributed by atoms with Crippen LogP contribution in [0, 0.1) is 5.92 Å². The molecule has 0 saturated heterocycles. The normalized spacial score (nSPS) is 14.1. The fraction of sp³-hybridized carbons (Fsp3) is 0.421. The zero-order chi connectivity index (χ0) is 15.9. The van der Waals surface area contributed by atoms with Crippen LogP contribution in [0.3, 0.4) is 0 Å². The maximum Gasteiger partial charge on any atom is 0.230 e. The van der Waals surface area contributed by atoms with E-state index in [2.05, 4.69) is 35.6 Å². The predicted molar refractivity (Wildman–Crippen MR) is 95.8 cm³/mol. The van der Waals surface area contributed by atoms with Crippen LogP contribution < -0.4 is 5.32 Å². The van der Waals surface area contributed by atoms with E-state index in [0.717, 1.165) is 30.4 Å². The molecule has 0 radical (unpaired) electrons. The summed E-state index contributed by atoms with van der Waals surface area (Å²) in [6.45, 7) is 2.34. The first-order valence-corrected chi connectivity index (χ1v) is 9.26. The topological polar surface area (TPSA) is 38.3 Å². The van der Waals surface area contributed by atoms with Gasteiger partial charge in [0.05, 0.1) is 5.75 Å². The Labute approximate surface area is 141 Å². The molecule has 0 atom stereocenters. The van der Waals surface area contributed by atoms with Crippen molar-refractivity contribution in [3.63, 3.8) is 0 Å². The molecule has 1 aliphatic carbocycles. The lowest BCUT2D eigenvalue weighted by molar-refractivity contribution is -0.118. The van der Waals surface area contributed by atoms with Crippen molar-refractivity contribution in [3.8, 4) is 0 Å². The van der Waals surface area contributed by atoms with E-state index in [4.69, 9.17) is 4.74 Å². The molecule has 0 spiro atoms. The fourth-order valence-electron chi connectivity index (χ4n) is 2.39. The highest BCUT2D eigenvalue weighted by atomic mass is 32.2. The minimum atomic E-state index is 0.0883. The zero-order valence-corrected chi connectivity index (χ0v) is 14.1. The number of hydrogen-bond donors (Lipinski definition) is 1. The van der Waals surface area contributed by atoms with E-state index in [1.54, 1.807) is 11.8 Å². The molecule has 2 aromatic carbocycles. The van der Waals surface area contributed by atoms with E-state index in [9.17, 15) is 4.79 Å². The van der Waals surface area contributed by atoms with Gasteiger partial charge in [-0.1, -0.05) is 30.3 Å². The molecule has 1 fully saturated rings. The van der Waals surface area contributed by atoms with Crippen LogP contribution >= 0.6 is 11.8 Å². The van der Waals surface area contributed by atoms with Crippen molar-refractivity contribution in [3.05, 3.63) is 42.5 Å². The van der Waals surface area contributed by atoms with E-state index >= 15 is 0 Å². The number of nitrogens with one attached hydrogen (secondary N) is 1. The van der Waals surface area contributed by atoms with Crippen LogP contribution in [0.4, 0.5) is 0 Å². The summed E-state index contributed by atoms with van der Waals surface area (Å²) >= 11 is 1.58. The fourth-order valence-corrected chi connectivity index (χ4v) is 3.17. The molecule has 122 valence electrons. The van der Waals surface area contributed by atoms with Crippen molar-refractivity contribution in [2.45, 2.75) is 24.2 Å². The van der Waals surface area contributed by atoms with E-state index < -0.39 is 0 Å².